The Bertz CT molecular complexity index is 1130. The van der Waals surface area contributed by atoms with Gasteiger partial charge in [0.1, 0.15) is 12.0 Å². The van der Waals surface area contributed by atoms with Gasteiger partial charge in [-0.2, -0.15) is 5.10 Å². The summed E-state index contributed by atoms with van der Waals surface area (Å²) < 4.78 is 1.71. The molecule has 4 heterocycles. The Hall–Kier alpha value is -3.73. The quantitative estimate of drug-likeness (QED) is 0.431. The SMILES string of the molecule is C=CC(=O)N1CCC(C=Nc2ncnc3[nH]c(C#Cc4cnn(C)c4)cc23)C1. The minimum Gasteiger partial charge on any atom is -0.339 e. The van der Waals surface area contributed by atoms with Crippen molar-refractivity contribution in [1.29, 1.82) is 0 Å². The number of aromatic nitrogens is 5. The number of fused-ring (bicyclic) bond motifs is 1. The van der Waals surface area contributed by atoms with E-state index in [4.69, 9.17) is 0 Å². The highest BCUT2D eigenvalue weighted by molar-refractivity contribution is 5.89. The number of nitrogens with zero attached hydrogens (tertiary/aromatic N) is 6. The van der Waals surface area contributed by atoms with Gasteiger partial charge < -0.3 is 9.88 Å². The summed E-state index contributed by atoms with van der Waals surface area (Å²) in [6.07, 6.45) is 9.14. The van der Waals surface area contributed by atoms with Gasteiger partial charge in [-0.05, 0) is 24.5 Å². The van der Waals surface area contributed by atoms with Gasteiger partial charge in [0, 0.05) is 38.5 Å². The first-order valence-electron chi connectivity index (χ1n) is 8.92. The Kier molecular flexibility index (Phi) is 4.72. The highest BCUT2D eigenvalue weighted by Gasteiger charge is 2.23. The predicted octanol–water partition coefficient (Wildman–Crippen LogP) is 1.83. The Balaban J connectivity index is 1.54. The predicted molar refractivity (Wildman–Crippen MR) is 106 cm³/mol. The lowest BCUT2D eigenvalue weighted by molar-refractivity contribution is -0.125. The second-order valence-corrected chi connectivity index (χ2v) is 6.61. The number of carbonyl (C=O) groups is 1. The summed E-state index contributed by atoms with van der Waals surface area (Å²) in [4.78, 5) is 29.8. The number of amides is 1. The fraction of sp³-hybridized carbons (Fsp3) is 0.250. The van der Waals surface area contributed by atoms with Crippen molar-refractivity contribution < 1.29 is 4.79 Å². The van der Waals surface area contributed by atoms with Crippen LogP contribution in [0.1, 0.15) is 17.7 Å². The summed E-state index contributed by atoms with van der Waals surface area (Å²) in [7, 11) is 1.85. The number of aliphatic imine (C=N–C) groups is 1. The van der Waals surface area contributed by atoms with Crippen molar-refractivity contribution in [2.75, 3.05) is 13.1 Å². The maximum atomic E-state index is 11.7. The van der Waals surface area contributed by atoms with Gasteiger partial charge in [-0.25, -0.2) is 15.0 Å². The van der Waals surface area contributed by atoms with Crippen LogP contribution in [0.3, 0.4) is 0 Å². The number of rotatable bonds is 3. The zero-order chi connectivity index (χ0) is 19.5. The van der Waals surface area contributed by atoms with Crippen LogP contribution in [0.15, 0.2) is 42.4 Å². The molecule has 3 aromatic rings. The second-order valence-electron chi connectivity index (χ2n) is 6.61. The summed E-state index contributed by atoms with van der Waals surface area (Å²) in [5, 5.41) is 4.91. The molecule has 0 saturated carbocycles. The monoisotopic (exact) mass is 373 g/mol. The van der Waals surface area contributed by atoms with E-state index in [9.17, 15) is 4.79 Å². The van der Waals surface area contributed by atoms with Crippen molar-refractivity contribution in [2.24, 2.45) is 18.0 Å². The molecule has 1 saturated heterocycles. The zero-order valence-corrected chi connectivity index (χ0v) is 15.5. The molecule has 1 unspecified atom stereocenters. The van der Waals surface area contributed by atoms with Crippen LogP contribution in [0.4, 0.5) is 5.82 Å². The van der Waals surface area contributed by atoms with Crippen LogP contribution in [0, 0.1) is 17.8 Å². The Morgan fingerprint density at radius 2 is 2.32 bits per heavy atom. The van der Waals surface area contributed by atoms with E-state index in [0.29, 0.717) is 18.0 Å². The maximum absolute atomic E-state index is 11.7. The molecule has 1 aliphatic heterocycles. The third kappa shape index (κ3) is 3.69. The standard InChI is InChI=1S/C20H19N7O/c1-3-18(28)27-7-6-15(12-27)9-21-19-17-8-16(25-20(17)23-13-22-19)5-4-14-10-24-26(2)11-14/h3,8-11,13,15H,1,6-7,12H2,2H3,(H,22,23,25). The molecular formula is C20H19N7O. The van der Waals surface area contributed by atoms with Crippen molar-refractivity contribution in [1.82, 2.24) is 29.6 Å². The molecule has 1 N–H and O–H groups in total. The van der Waals surface area contributed by atoms with Gasteiger partial charge in [0.05, 0.1) is 22.8 Å². The maximum Gasteiger partial charge on any atom is 0.245 e. The number of hydrogen-bond acceptors (Lipinski definition) is 5. The van der Waals surface area contributed by atoms with Gasteiger partial charge in [-0.3, -0.25) is 9.48 Å². The van der Waals surface area contributed by atoms with Gasteiger partial charge in [0.25, 0.3) is 0 Å². The van der Waals surface area contributed by atoms with E-state index >= 15 is 0 Å². The zero-order valence-electron chi connectivity index (χ0n) is 15.5. The van der Waals surface area contributed by atoms with Crippen LogP contribution in [0.5, 0.6) is 0 Å². The fourth-order valence-electron chi connectivity index (χ4n) is 3.14. The van der Waals surface area contributed by atoms with Gasteiger partial charge in [0.2, 0.25) is 5.91 Å². The first kappa shape index (κ1) is 17.7. The molecule has 1 aliphatic rings. The molecule has 0 radical (unpaired) electrons. The van der Waals surface area contributed by atoms with Crippen LogP contribution in [-0.2, 0) is 11.8 Å². The van der Waals surface area contributed by atoms with E-state index in [0.717, 1.165) is 29.6 Å². The molecule has 3 aromatic heterocycles. The molecule has 28 heavy (non-hydrogen) atoms. The van der Waals surface area contributed by atoms with E-state index < -0.39 is 0 Å². The molecule has 0 aliphatic carbocycles. The molecule has 1 fully saturated rings. The van der Waals surface area contributed by atoms with Crippen molar-refractivity contribution in [3.05, 3.63) is 48.7 Å². The van der Waals surface area contributed by atoms with Crippen LogP contribution in [0.25, 0.3) is 11.0 Å². The Morgan fingerprint density at radius 3 is 3.11 bits per heavy atom. The van der Waals surface area contributed by atoms with Gasteiger partial charge in [0.15, 0.2) is 5.82 Å². The van der Waals surface area contributed by atoms with Crippen molar-refractivity contribution in [2.45, 2.75) is 6.42 Å². The number of hydrogen-bond donors (Lipinski definition) is 1. The minimum atomic E-state index is -0.0391. The molecule has 8 heteroatoms. The average Bonchev–Trinajstić information content (AvgIpc) is 3.43. The molecule has 8 nitrogen and oxygen atoms in total. The molecule has 0 spiro atoms. The number of H-pyrrole nitrogens is 1. The lowest BCUT2D eigenvalue weighted by Crippen LogP contribution is -2.26. The molecule has 4 rings (SSSR count). The largest absolute Gasteiger partial charge is 0.339 e. The van der Waals surface area contributed by atoms with Crippen LogP contribution >= 0.6 is 0 Å². The number of nitrogens with one attached hydrogen (secondary N) is 1. The molecule has 140 valence electrons. The number of likely N-dealkylation sites (tertiary alicyclic amines) is 1. The smallest absolute Gasteiger partial charge is 0.245 e. The summed E-state index contributed by atoms with van der Waals surface area (Å²) in [5.74, 6) is 6.90. The summed E-state index contributed by atoms with van der Waals surface area (Å²) >= 11 is 0. The third-order valence-electron chi connectivity index (χ3n) is 4.57. The topological polar surface area (TPSA) is 92.1 Å². The van der Waals surface area contributed by atoms with E-state index in [1.54, 1.807) is 15.8 Å². The van der Waals surface area contributed by atoms with Crippen molar-refractivity contribution in [3.8, 4) is 11.8 Å². The molecule has 0 aromatic carbocycles. The van der Waals surface area contributed by atoms with Crippen molar-refractivity contribution in [3.63, 3.8) is 0 Å². The lowest BCUT2D eigenvalue weighted by Gasteiger charge is -2.12. The van der Waals surface area contributed by atoms with Crippen LogP contribution < -0.4 is 0 Å². The van der Waals surface area contributed by atoms with E-state index in [2.05, 4.69) is 43.5 Å². The highest BCUT2D eigenvalue weighted by Crippen LogP contribution is 2.23. The minimum absolute atomic E-state index is 0.0391. The summed E-state index contributed by atoms with van der Waals surface area (Å²) in [6.45, 7) is 4.91. The van der Waals surface area contributed by atoms with Crippen LogP contribution in [-0.4, -0.2) is 54.8 Å². The summed E-state index contributed by atoms with van der Waals surface area (Å²) in [5.41, 5.74) is 2.26. The third-order valence-corrected chi connectivity index (χ3v) is 4.57. The highest BCUT2D eigenvalue weighted by atomic mass is 16.2. The molecular weight excluding hydrogens is 354 g/mol. The normalized spacial score (nSPS) is 16.5. The summed E-state index contributed by atoms with van der Waals surface area (Å²) in [6, 6.07) is 1.90. The van der Waals surface area contributed by atoms with Gasteiger partial charge in [-0.15, -0.1) is 0 Å². The van der Waals surface area contributed by atoms with E-state index in [1.165, 1.54) is 12.4 Å². The van der Waals surface area contributed by atoms with Gasteiger partial charge in [-0.1, -0.05) is 12.5 Å². The number of aromatic amines is 1. The number of aryl methyl sites for hydroxylation is 1. The Morgan fingerprint density at radius 1 is 1.43 bits per heavy atom. The first-order valence-corrected chi connectivity index (χ1v) is 8.92. The molecule has 1 atom stereocenters. The fourth-order valence-corrected chi connectivity index (χ4v) is 3.14. The first-order chi connectivity index (χ1) is 13.6. The number of carbonyl (C=O) groups excluding carboxylic acids is 1. The van der Waals surface area contributed by atoms with E-state index in [-0.39, 0.29) is 11.8 Å². The van der Waals surface area contributed by atoms with Crippen LogP contribution in [0.2, 0.25) is 0 Å². The van der Waals surface area contributed by atoms with E-state index in [1.807, 2.05) is 25.5 Å². The second kappa shape index (κ2) is 7.48. The molecule has 1 amide bonds. The van der Waals surface area contributed by atoms with Crippen molar-refractivity contribution >= 4 is 29.0 Å². The Labute approximate surface area is 162 Å². The molecule has 0 bridgehead atoms. The average molecular weight is 373 g/mol. The van der Waals surface area contributed by atoms with Gasteiger partial charge >= 0.3 is 0 Å². The lowest BCUT2D eigenvalue weighted by atomic mass is 10.1.